The molecule has 30 heavy (non-hydrogen) atoms. The maximum Gasteiger partial charge on any atom is 0.115 e. The number of nitrogens with zero attached hydrogens (tertiary/aromatic N) is 2. The second-order valence-corrected chi connectivity index (χ2v) is 7.88. The molecule has 2 atom stereocenters. The highest BCUT2D eigenvalue weighted by molar-refractivity contribution is 5.82. The van der Waals surface area contributed by atoms with Crippen molar-refractivity contribution in [3.63, 3.8) is 0 Å². The Labute approximate surface area is 177 Å². The summed E-state index contributed by atoms with van der Waals surface area (Å²) in [6.07, 6.45) is 6.51. The molecule has 1 N–H and O–H groups in total. The van der Waals surface area contributed by atoms with E-state index in [-0.39, 0.29) is 6.10 Å². The zero-order valence-corrected chi connectivity index (χ0v) is 16.9. The van der Waals surface area contributed by atoms with Crippen LogP contribution in [0.2, 0.25) is 0 Å². The number of hydrogen-bond donors (Lipinski definition) is 1. The molecule has 2 unspecified atom stereocenters. The van der Waals surface area contributed by atoms with Crippen molar-refractivity contribution in [3.8, 4) is 11.1 Å². The van der Waals surface area contributed by atoms with E-state index in [1.165, 1.54) is 21.9 Å². The Morgan fingerprint density at radius 3 is 2.63 bits per heavy atom. The van der Waals surface area contributed by atoms with Gasteiger partial charge in [0, 0.05) is 30.4 Å². The predicted octanol–water partition coefficient (Wildman–Crippen LogP) is 4.96. The van der Waals surface area contributed by atoms with Crippen LogP contribution in [0.25, 0.3) is 21.9 Å². The first kappa shape index (κ1) is 18.9. The Balaban J connectivity index is 1.34. The second-order valence-electron chi connectivity index (χ2n) is 7.88. The lowest BCUT2D eigenvalue weighted by Gasteiger charge is -2.33. The molecule has 2 heterocycles. The zero-order chi connectivity index (χ0) is 20.2. The van der Waals surface area contributed by atoms with E-state index in [2.05, 4.69) is 82.0 Å². The van der Waals surface area contributed by atoms with Crippen LogP contribution in [-0.2, 0) is 11.3 Å². The Bertz CT molecular complexity index is 1130. The van der Waals surface area contributed by atoms with E-state index >= 15 is 0 Å². The summed E-state index contributed by atoms with van der Waals surface area (Å²) in [5.41, 5.74) is 4.73. The molecule has 4 heteroatoms. The molecule has 3 aromatic carbocycles. The van der Waals surface area contributed by atoms with Crippen molar-refractivity contribution in [2.24, 2.45) is 0 Å². The van der Waals surface area contributed by atoms with Crippen LogP contribution < -0.4 is 5.32 Å². The third kappa shape index (κ3) is 4.11. The number of nitrogens with one attached hydrogen (secondary N) is 1. The van der Waals surface area contributed by atoms with Crippen LogP contribution in [0, 0.1) is 0 Å². The van der Waals surface area contributed by atoms with Gasteiger partial charge in [0.1, 0.15) is 6.33 Å². The summed E-state index contributed by atoms with van der Waals surface area (Å²) in [5, 5.41) is 6.02. The zero-order valence-electron chi connectivity index (χ0n) is 16.9. The molecule has 150 valence electrons. The van der Waals surface area contributed by atoms with Gasteiger partial charge in [-0.2, -0.15) is 0 Å². The van der Waals surface area contributed by atoms with Crippen molar-refractivity contribution in [3.05, 3.63) is 96.6 Å². The fraction of sp³-hybridized carbons (Fsp3) is 0.231. The van der Waals surface area contributed by atoms with E-state index in [9.17, 15) is 0 Å². The van der Waals surface area contributed by atoms with Gasteiger partial charge in [0.15, 0.2) is 0 Å². The summed E-state index contributed by atoms with van der Waals surface area (Å²) in [5.74, 6) is 0.372. The number of fused-ring (bicyclic) bond motifs is 1. The molecule has 0 spiro atoms. The van der Waals surface area contributed by atoms with Crippen LogP contribution in [0.15, 0.2) is 85.5 Å². The van der Waals surface area contributed by atoms with Crippen LogP contribution >= 0.6 is 0 Å². The molecule has 1 aliphatic heterocycles. The fourth-order valence-electron chi connectivity index (χ4n) is 4.32. The molecule has 4 aromatic rings. The maximum atomic E-state index is 6.44. The number of hydrogen-bond acceptors (Lipinski definition) is 4. The molecule has 0 saturated carbocycles. The topological polar surface area (TPSA) is 47.0 Å². The van der Waals surface area contributed by atoms with Crippen molar-refractivity contribution in [2.45, 2.75) is 25.0 Å². The van der Waals surface area contributed by atoms with E-state index in [4.69, 9.17) is 4.74 Å². The van der Waals surface area contributed by atoms with E-state index < -0.39 is 0 Å². The average Bonchev–Trinajstić information content (AvgIpc) is 2.83. The highest BCUT2D eigenvalue weighted by Gasteiger charge is 2.27. The normalized spacial score (nSPS) is 19.1. The third-order valence-corrected chi connectivity index (χ3v) is 5.91. The first-order valence-electron chi connectivity index (χ1n) is 10.5. The summed E-state index contributed by atoms with van der Waals surface area (Å²) in [7, 11) is 0. The SMILES string of the molecule is c1cc(-c2cncnc2)cc(C2CCNCC2OCc2ccc3ccccc3c2)c1. The van der Waals surface area contributed by atoms with Gasteiger partial charge < -0.3 is 10.1 Å². The first-order valence-corrected chi connectivity index (χ1v) is 10.5. The molecule has 1 aliphatic rings. The Morgan fingerprint density at radius 2 is 1.73 bits per heavy atom. The molecule has 0 amide bonds. The van der Waals surface area contributed by atoms with E-state index in [1.54, 1.807) is 6.33 Å². The molecule has 0 radical (unpaired) electrons. The van der Waals surface area contributed by atoms with Gasteiger partial charge in [-0.1, -0.05) is 60.7 Å². The van der Waals surface area contributed by atoms with Gasteiger partial charge >= 0.3 is 0 Å². The third-order valence-electron chi connectivity index (χ3n) is 5.91. The Hall–Kier alpha value is -3.08. The highest BCUT2D eigenvalue weighted by Crippen LogP contribution is 2.31. The highest BCUT2D eigenvalue weighted by atomic mass is 16.5. The molecule has 1 fully saturated rings. The van der Waals surface area contributed by atoms with Crippen LogP contribution in [-0.4, -0.2) is 29.2 Å². The standard InChI is InChI=1S/C26H25N3O/c1-2-5-21-12-19(8-9-20(21)4-1)17-30-26-16-27-11-10-25(26)23-7-3-6-22(13-23)24-14-28-18-29-15-24/h1-9,12-15,18,25-27H,10-11,16-17H2. The monoisotopic (exact) mass is 395 g/mol. The molecule has 0 aliphatic carbocycles. The number of rotatable bonds is 5. The molecule has 0 bridgehead atoms. The van der Waals surface area contributed by atoms with Crippen LogP contribution in [0.1, 0.15) is 23.5 Å². The summed E-state index contributed by atoms with van der Waals surface area (Å²) in [6.45, 7) is 2.51. The van der Waals surface area contributed by atoms with Crippen LogP contribution in [0.4, 0.5) is 0 Å². The minimum Gasteiger partial charge on any atom is -0.372 e. The lowest BCUT2D eigenvalue weighted by Crippen LogP contribution is -2.41. The van der Waals surface area contributed by atoms with Gasteiger partial charge in [0.25, 0.3) is 0 Å². The fourth-order valence-corrected chi connectivity index (χ4v) is 4.32. The Morgan fingerprint density at radius 1 is 0.867 bits per heavy atom. The van der Waals surface area contributed by atoms with Gasteiger partial charge in [0.2, 0.25) is 0 Å². The van der Waals surface area contributed by atoms with Gasteiger partial charge in [0.05, 0.1) is 12.7 Å². The van der Waals surface area contributed by atoms with Crippen LogP contribution in [0.5, 0.6) is 0 Å². The molecular formula is C26H25N3O. The van der Waals surface area contributed by atoms with Crippen molar-refractivity contribution in [1.82, 2.24) is 15.3 Å². The van der Waals surface area contributed by atoms with E-state index in [0.717, 1.165) is 30.6 Å². The summed E-state index contributed by atoms with van der Waals surface area (Å²) < 4.78 is 6.44. The molecule has 4 nitrogen and oxygen atoms in total. The van der Waals surface area contributed by atoms with Crippen molar-refractivity contribution in [2.75, 3.05) is 13.1 Å². The first-order chi connectivity index (χ1) is 14.9. The smallest absolute Gasteiger partial charge is 0.115 e. The maximum absolute atomic E-state index is 6.44. The minimum atomic E-state index is 0.146. The minimum absolute atomic E-state index is 0.146. The lowest BCUT2D eigenvalue weighted by atomic mass is 9.86. The number of ether oxygens (including phenoxy) is 1. The molecular weight excluding hydrogens is 370 g/mol. The summed E-state index contributed by atoms with van der Waals surface area (Å²) in [6, 6.07) is 23.8. The molecule has 5 rings (SSSR count). The summed E-state index contributed by atoms with van der Waals surface area (Å²) >= 11 is 0. The van der Waals surface area contributed by atoms with Crippen molar-refractivity contribution >= 4 is 10.8 Å². The van der Waals surface area contributed by atoms with Gasteiger partial charge in [-0.3, -0.25) is 0 Å². The predicted molar refractivity (Wildman–Crippen MR) is 120 cm³/mol. The lowest BCUT2D eigenvalue weighted by molar-refractivity contribution is 0.0107. The van der Waals surface area contributed by atoms with Gasteiger partial charge in [-0.25, -0.2) is 9.97 Å². The molecule has 1 aromatic heterocycles. The summed E-state index contributed by atoms with van der Waals surface area (Å²) in [4.78, 5) is 8.31. The number of aromatic nitrogens is 2. The van der Waals surface area contributed by atoms with E-state index in [1.807, 2.05) is 12.4 Å². The van der Waals surface area contributed by atoms with Gasteiger partial charge in [-0.05, 0) is 46.5 Å². The van der Waals surface area contributed by atoms with Crippen molar-refractivity contribution < 1.29 is 4.74 Å². The molecule has 1 saturated heterocycles. The average molecular weight is 396 g/mol. The van der Waals surface area contributed by atoms with Crippen LogP contribution in [0.3, 0.4) is 0 Å². The van der Waals surface area contributed by atoms with Crippen molar-refractivity contribution in [1.29, 1.82) is 0 Å². The quantitative estimate of drug-likeness (QED) is 0.519. The number of benzene rings is 3. The second kappa shape index (κ2) is 8.74. The Kier molecular flexibility index (Phi) is 5.51. The van der Waals surface area contributed by atoms with Gasteiger partial charge in [-0.15, -0.1) is 0 Å². The van der Waals surface area contributed by atoms with E-state index in [0.29, 0.717) is 12.5 Å². The largest absolute Gasteiger partial charge is 0.372 e. The number of piperidine rings is 1.